The summed E-state index contributed by atoms with van der Waals surface area (Å²) in [5.74, 6) is 1.40. The summed E-state index contributed by atoms with van der Waals surface area (Å²) in [6.07, 6.45) is 1.24. The van der Waals surface area contributed by atoms with Gasteiger partial charge in [0.15, 0.2) is 0 Å². The van der Waals surface area contributed by atoms with Crippen LogP contribution in [0.3, 0.4) is 0 Å². The molecule has 0 aromatic heterocycles. The van der Waals surface area contributed by atoms with Gasteiger partial charge in [0.25, 0.3) is 0 Å². The molecular formula is C16H20. The topological polar surface area (TPSA) is 0 Å². The van der Waals surface area contributed by atoms with E-state index in [2.05, 4.69) is 63.2 Å². The van der Waals surface area contributed by atoms with Gasteiger partial charge in [-0.25, -0.2) is 0 Å². The Morgan fingerprint density at radius 3 is 2.31 bits per heavy atom. The lowest BCUT2D eigenvalue weighted by molar-refractivity contribution is 0.473. The van der Waals surface area contributed by atoms with E-state index in [9.17, 15) is 0 Å². The fourth-order valence-corrected chi connectivity index (χ4v) is 2.17. The highest BCUT2D eigenvalue weighted by Crippen LogP contribution is 2.28. The van der Waals surface area contributed by atoms with Gasteiger partial charge in [-0.05, 0) is 28.2 Å². The van der Waals surface area contributed by atoms with Crippen LogP contribution in [0.15, 0.2) is 42.5 Å². The minimum atomic E-state index is 0.648. The summed E-state index contributed by atoms with van der Waals surface area (Å²) in [7, 11) is 0. The zero-order chi connectivity index (χ0) is 11.5. The standard InChI is InChI=1S/C16H20/c1-4-12(2)13(3)15-10-9-14-7-5-6-8-16(14)11-15/h5-13H,4H2,1-3H3. The molecule has 0 saturated heterocycles. The first kappa shape index (κ1) is 11.2. The van der Waals surface area contributed by atoms with Gasteiger partial charge < -0.3 is 0 Å². The minimum absolute atomic E-state index is 0.648. The maximum absolute atomic E-state index is 2.34. The second kappa shape index (κ2) is 4.69. The Hall–Kier alpha value is -1.30. The van der Waals surface area contributed by atoms with Crippen LogP contribution >= 0.6 is 0 Å². The van der Waals surface area contributed by atoms with Crippen LogP contribution in [0, 0.1) is 5.92 Å². The van der Waals surface area contributed by atoms with Gasteiger partial charge in [0.2, 0.25) is 0 Å². The zero-order valence-corrected chi connectivity index (χ0v) is 10.4. The highest BCUT2D eigenvalue weighted by molar-refractivity contribution is 5.83. The summed E-state index contributed by atoms with van der Waals surface area (Å²) in [6.45, 7) is 6.93. The number of fused-ring (bicyclic) bond motifs is 1. The van der Waals surface area contributed by atoms with Crippen molar-refractivity contribution >= 4 is 10.8 Å². The van der Waals surface area contributed by atoms with E-state index in [1.807, 2.05) is 0 Å². The molecule has 2 aromatic rings. The van der Waals surface area contributed by atoms with Gasteiger partial charge in [-0.15, -0.1) is 0 Å². The molecule has 0 N–H and O–H groups in total. The lowest BCUT2D eigenvalue weighted by atomic mass is 9.86. The molecule has 0 amide bonds. The van der Waals surface area contributed by atoms with E-state index in [4.69, 9.17) is 0 Å². The summed E-state index contributed by atoms with van der Waals surface area (Å²) < 4.78 is 0. The molecule has 0 nitrogen and oxygen atoms in total. The van der Waals surface area contributed by atoms with Gasteiger partial charge in [-0.3, -0.25) is 0 Å². The largest absolute Gasteiger partial charge is 0.0651 e. The molecule has 2 unspecified atom stereocenters. The van der Waals surface area contributed by atoms with Crippen LogP contribution < -0.4 is 0 Å². The first-order chi connectivity index (χ1) is 7.72. The van der Waals surface area contributed by atoms with Crippen molar-refractivity contribution in [3.05, 3.63) is 48.0 Å². The van der Waals surface area contributed by atoms with Crippen LogP contribution in [0.25, 0.3) is 10.8 Å². The van der Waals surface area contributed by atoms with E-state index in [1.165, 1.54) is 22.8 Å². The normalized spacial score (nSPS) is 14.9. The van der Waals surface area contributed by atoms with Gasteiger partial charge in [0, 0.05) is 0 Å². The summed E-state index contributed by atoms with van der Waals surface area (Å²) in [4.78, 5) is 0. The van der Waals surface area contributed by atoms with Gasteiger partial charge in [0.1, 0.15) is 0 Å². The van der Waals surface area contributed by atoms with E-state index in [0.29, 0.717) is 5.92 Å². The van der Waals surface area contributed by atoms with Crippen LogP contribution in [0.1, 0.15) is 38.7 Å². The smallest absolute Gasteiger partial charge is 0.0165 e. The predicted octanol–water partition coefficient (Wildman–Crippen LogP) is 4.99. The predicted molar refractivity (Wildman–Crippen MR) is 71.8 cm³/mol. The lowest BCUT2D eigenvalue weighted by Crippen LogP contribution is -2.04. The molecular weight excluding hydrogens is 192 g/mol. The number of hydrogen-bond acceptors (Lipinski definition) is 0. The monoisotopic (exact) mass is 212 g/mol. The molecule has 0 aliphatic heterocycles. The van der Waals surface area contributed by atoms with Crippen LogP contribution in [0.2, 0.25) is 0 Å². The summed E-state index contributed by atoms with van der Waals surface area (Å²) >= 11 is 0. The Labute approximate surface area is 98.3 Å². The first-order valence-electron chi connectivity index (χ1n) is 6.21. The summed E-state index contributed by atoms with van der Waals surface area (Å²) in [5.41, 5.74) is 1.47. The molecule has 0 fully saturated rings. The van der Waals surface area contributed by atoms with Crippen LogP contribution in [-0.4, -0.2) is 0 Å². The maximum atomic E-state index is 2.34. The van der Waals surface area contributed by atoms with Crippen LogP contribution in [0.5, 0.6) is 0 Å². The van der Waals surface area contributed by atoms with Gasteiger partial charge >= 0.3 is 0 Å². The van der Waals surface area contributed by atoms with Gasteiger partial charge in [-0.1, -0.05) is 69.7 Å². The van der Waals surface area contributed by atoms with Crippen molar-refractivity contribution in [3.63, 3.8) is 0 Å². The fourth-order valence-electron chi connectivity index (χ4n) is 2.17. The summed E-state index contributed by atoms with van der Waals surface area (Å²) in [6, 6.07) is 15.4. The quantitative estimate of drug-likeness (QED) is 0.672. The van der Waals surface area contributed by atoms with Crippen molar-refractivity contribution in [1.29, 1.82) is 0 Å². The number of benzene rings is 2. The van der Waals surface area contributed by atoms with E-state index >= 15 is 0 Å². The van der Waals surface area contributed by atoms with Crippen molar-refractivity contribution in [2.75, 3.05) is 0 Å². The molecule has 0 heteroatoms. The lowest BCUT2D eigenvalue weighted by Gasteiger charge is -2.19. The molecule has 0 bridgehead atoms. The van der Waals surface area contributed by atoms with Crippen LogP contribution in [0.4, 0.5) is 0 Å². The number of hydrogen-bond donors (Lipinski definition) is 0. The first-order valence-corrected chi connectivity index (χ1v) is 6.21. The maximum Gasteiger partial charge on any atom is -0.0165 e. The summed E-state index contributed by atoms with van der Waals surface area (Å²) in [5, 5.41) is 2.69. The van der Waals surface area contributed by atoms with Crippen molar-refractivity contribution in [1.82, 2.24) is 0 Å². The highest BCUT2D eigenvalue weighted by Gasteiger charge is 2.12. The molecule has 0 radical (unpaired) electrons. The Bertz CT molecular complexity index is 470. The van der Waals surface area contributed by atoms with Crippen molar-refractivity contribution in [3.8, 4) is 0 Å². The van der Waals surface area contributed by atoms with Crippen molar-refractivity contribution in [2.45, 2.75) is 33.1 Å². The van der Waals surface area contributed by atoms with E-state index in [-0.39, 0.29) is 0 Å². The molecule has 2 atom stereocenters. The molecule has 0 saturated carbocycles. The van der Waals surface area contributed by atoms with Crippen molar-refractivity contribution < 1.29 is 0 Å². The third-order valence-electron chi connectivity index (χ3n) is 3.80. The van der Waals surface area contributed by atoms with Crippen LogP contribution in [-0.2, 0) is 0 Å². The average molecular weight is 212 g/mol. The van der Waals surface area contributed by atoms with E-state index in [0.717, 1.165) is 5.92 Å². The Balaban J connectivity index is 2.39. The average Bonchev–Trinajstić information content (AvgIpc) is 2.36. The zero-order valence-electron chi connectivity index (χ0n) is 10.4. The molecule has 84 valence electrons. The third-order valence-corrected chi connectivity index (χ3v) is 3.80. The highest BCUT2D eigenvalue weighted by atomic mass is 14.2. The van der Waals surface area contributed by atoms with Gasteiger partial charge in [-0.2, -0.15) is 0 Å². The molecule has 2 rings (SSSR count). The Kier molecular flexibility index (Phi) is 3.28. The third kappa shape index (κ3) is 2.11. The molecule has 0 spiro atoms. The molecule has 0 aliphatic rings. The minimum Gasteiger partial charge on any atom is -0.0651 e. The van der Waals surface area contributed by atoms with Crippen molar-refractivity contribution in [2.24, 2.45) is 5.92 Å². The van der Waals surface area contributed by atoms with E-state index in [1.54, 1.807) is 0 Å². The Morgan fingerprint density at radius 2 is 1.62 bits per heavy atom. The second-order valence-electron chi connectivity index (χ2n) is 4.78. The fraction of sp³-hybridized carbons (Fsp3) is 0.375. The molecule has 0 aliphatic carbocycles. The SMILES string of the molecule is CCC(C)C(C)c1ccc2ccccc2c1. The molecule has 0 heterocycles. The van der Waals surface area contributed by atoms with Gasteiger partial charge in [0.05, 0.1) is 0 Å². The van der Waals surface area contributed by atoms with E-state index < -0.39 is 0 Å². The Morgan fingerprint density at radius 1 is 0.938 bits per heavy atom. The second-order valence-corrected chi connectivity index (χ2v) is 4.78. The number of rotatable bonds is 3. The molecule has 16 heavy (non-hydrogen) atoms. The molecule has 2 aromatic carbocycles.